The van der Waals surface area contributed by atoms with Crippen molar-refractivity contribution in [3.8, 4) is 0 Å². The minimum absolute atomic E-state index is 0.477. The molecule has 0 amide bonds. The summed E-state index contributed by atoms with van der Waals surface area (Å²) >= 11 is 4.92. The molecule has 0 spiro atoms. The molecular weight excluding hydrogens is 221 g/mol. The van der Waals surface area contributed by atoms with Gasteiger partial charge in [0.05, 0.1) is 0 Å². The maximum atomic E-state index is 12.1. The molecule has 0 aliphatic carbocycles. The van der Waals surface area contributed by atoms with Crippen LogP contribution in [0.4, 0.5) is 13.2 Å². The summed E-state index contributed by atoms with van der Waals surface area (Å²) in [7, 11) is 1.11. The van der Waals surface area contributed by atoms with E-state index in [4.69, 9.17) is 11.6 Å². The molecular formula is C7H6ClF3N2O. The molecule has 0 aromatic heterocycles. The molecule has 0 aliphatic rings. The number of aliphatic imine (C=N–C) groups is 2. The van der Waals surface area contributed by atoms with E-state index in [9.17, 15) is 18.0 Å². The first-order valence-corrected chi connectivity index (χ1v) is 3.65. The van der Waals surface area contributed by atoms with Crippen molar-refractivity contribution < 1.29 is 18.0 Å². The van der Waals surface area contributed by atoms with Crippen LogP contribution < -0.4 is 0 Å². The number of carbonyl (C=O) groups excluding carboxylic acids is 1. The lowest BCUT2D eigenvalue weighted by atomic mass is 10.3. The Kier molecular flexibility index (Phi) is 4.49. The molecule has 78 valence electrons. The fourth-order valence-corrected chi connectivity index (χ4v) is 0.647. The predicted molar refractivity (Wildman–Crippen MR) is 47.9 cm³/mol. The quantitative estimate of drug-likeness (QED) is 0.403. The lowest BCUT2D eigenvalue weighted by Gasteiger charge is -2.05. The van der Waals surface area contributed by atoms with Crippen LogP contribution in [-0.4, -0.2) is 30.0 Å². The number of allylic oxidation sites excluding steroid dienone is 1. The molecule has 0 rings (SSSR count). The number of halogens is 4. The van der Waals surface area contributed by atoms with Crippen LogP contribution in [0.15, 0.2) is 22.6 Å². The second kappa shape index (κ2) is 4.90. The molecule has 0 bridgehead atoms. The Morgan fingerprint density at radius 1 is 1.50 bits per heavy atom. The van der Waals surface area contributed by atoms with Crippen LogP contribution in [0.1, 0.15) is 0 Å². The van der Waals surface area contributed by atoms with E-state index in [1.165, 1.54) is 0 Å². The van der Waals surface area contributed by atoms with Gasteiger partial charge in [-0.15, -0.1) is 0 Å². The van der Waals surface area contributed by atoms with Gasteiger partial charge < -0.3 is 0 Å². The number of nitrogens with zero attached hydrogens (tertiary/aromatic N) is 2. The number of rotatable bonds is 2. The summed E-state index contributed by atoms with van der Waals surface area (Å²) in [6.45, 7) is 2.91. The Morgan fingerprint density at radius 2 is 2.00 bits per heavy atom. The minimum Gasteiger partial charge on any atom is -0.272 e. The zero-order valence-electron chi connectivity index (χ0n) is 7.10. The highest BCUT2D eigenvalue weighted by molar-refractivity contribution is 6.82. The van der Waals surface area contributed by atoms with Crippen molar-refractivity contribution in [2.24, 2.45) is 9.98 Å². The van der Waals surface area contributed by atoms with Crippen LogP contribution >= 0.6 is 11.6 Å². The summed E-state index contributed by atoms with van der Waals surface area (Å²) in [5.41, 5.74) is -1.31. The fourth-order valence-electron chi connectivity index (χ4n) is 0.521. The second-order valence-electron chi connectivity index (χ2n) is 2.02. The number of hydrogen-bond donors (Lipinski definition) is 0. The monoisotopic (exact) mass is 226 g/mol. The number of amidine groups is 1. The minimum atomic E-state index is -4.68. The Hall–Kier alpha value is -1.17. The Bertz CT molecular complexity index is 307. The zero-order valence-corrected chi connectivity index (χ0v) is 7.85. The van der Waals surface area contributed by atoms with Crippen LogP contribution in [-0.2, 0) is 4.79 Å². The highest BCUT2D eigenvalue weighted by Gasteiger charge is 2.34. The standard InChI is InChI=1S/C7H6ClF3N2O/c1-3-4(7(9,10)11)13-6(12-2)5(8)14/h3H,1H2,2H3. The van der Waals surface area contributed by atoms with Gasteiger partial charge in [-0.2, -0.15) is 13.2 Å². The van der Waals surface area contributed by atoms with Crippen molar-refractivity contribution in [1.29, 1.82) is 0 Å². The maximum Gasteiger partial charge on any atom is 0.433 e. The average Bonchev–Trinajstić information content (AvgIpc) is 2.03. The van der Waals surface area contributed by atoms with Crippen LogP contribution in [0.25, 0.3) is 0 Å². The van der Waals surface area contributed by atoms with Gasteiger partial charge in [0.2, 0.25) is 5.84 Å². The summed E-state index contributed by atoms with van der Waals surface area (Å²) in [6.07, 6.45) is -4.20. The van der Waals surface area contributed by atoms with Gasteiger partial charge in [0.15, 0.2) is 0 Å². The molecule has 14 heavy (non-hydrogen) atoms. The van der Waals surface area contributed by atoms with Crippen molar-refractivity contribution >= 4 is 28.4 Å². The van der Waals surface area contributed by atoms with E-state index >= 15 is 0 Å². The maximum absolute atomic E-state index is 12.1. The molecule has 0 radical (unpaired) electrons. The van der Waals surface area contributed by atoms with E-state index in [0.717, 1.165) is 7.05 Å². The zero-order chi connectivity index (χ0) is 11.4. The number of hydrogen-bond acceptors (Lipinski definition) is 2. The van der Waals surface area contributed by atoms with E-state index in [0.29, 0.717) is 6.08 Å². The van der Waals surface area contributed by atoms with Gasteiger partial charge in [-0.25, -0.2) is 4.99 Å². The summed E-state index contributed by atoms with van der Waals surface area (Å²) in [6, 6.07) is 0. The third-order valence-corrected chi connectivity index (χ3v) is 1.27. The Labute approximate surface area is 83.0 Å². The average molecular weight is 227 g/mol. The van der Waals surface area contributed by atoms with Crippen molar-refractivity contribution in [2.45, 2.75) is 6.18 Å². The van der Waals surface area contributed by atoms with Gasteiger partial charge in [0, 0.05) is 7.05 Å². The summed E-state index contributed by atoms with van der Waals surface area (Å²) in [4.78, 5) is 16.6. The van der Waals surface area contributed by atoms with E-state index in [2.05, 4.69) is 16.6 Å². The molecule has 0 aromatic rings. The Balaban J connectivity index is 5.13. The normalized spacial score (nSPS) is 14.1. The third-order valence-electron chi connectivity index (χ3n) is 1.10. The molecule has 7 heteroatoms. The molecule has 0 atom stereocenters. The Morgan fingerprint density at radius 3 is 2.21 bits per heavy atom. The van der Waals surface area contributed by atoms with Crippen molar-refractivity contribution in [1.82, 2.24) is 0 Å². The van der Waals surface area contributed by atoms with Gasteiger partial charge in [0.25, 0.3) is 5.24 Å². The first-order chi connectivity index (χ1) is 6.32. The van der Waals surface area contributed by atoms with Crippen LogP contribution in [0.2, 0.25) is 0 Å². The highest BCUT2D eigenvalue weighted by Crippen LogP contribution is 2.18. The van der Waals surface area contributed by atoms with Gasteiger partial charge in [-0.1, -0.05) is 6.58 Å². The lowest BCUT2D eigenvalue weighted by molar-refractivity contribution is -0.106. The van der Waals surface area contributed by atoms with E-state index in [-0.39, 0.29) is 0 Å². The van der Waals surface area contributed by atoms with E-state index in [1.54, 1.807) is 0 Å². The first kappa shape index (κ1) is 12.8. The largest absolute Gasteiger partial charge is 0.433 e. The summed E-state index contributed by atoms with van der Waals surface area (Å²) in [5.74, 6) is -0.709. The predicted octanol–water partition coefficient (Wildman–Crippen LogP) is 1.97. The molecule has 3 nitrogen and oxygen atoms in total. The van der Waals surface area contributed by atoms with Gasteiger partial charge >= 0.3 is 6.18 Å². The van der Waals surface area contributed by atoms with Crippen molar-refractivity contribution in [3.63, 3.8) is 0 Å². The number of alkyl halides is 3. The summed E-state index contributed by atoms with van der Waals surface area (Å²) in [5, 5.41) is -1.16. The van der Waals surface area contributed by atoms with Crippen molar-refractivity contribution in [3.05, 3.63) is 12.7 Å². The molecule has 0 saturated carbocycles. The molecule has 0 unspecified atom stereocenters. The molecule has 0 heterocycles. The van der Waals surface area contributed by atoms with Crippen LogP contribution in [0, 0.1) is 0 Å². The smallest absolute Gasteiger partial charge is 0.272 e. The second-order valence-corrected chi connectivity index (χ2v) is 2.36. The van der Waals surface area contributed by atoms with Crippen LogP contribution in [0.5, 0.6) is 0 Å². The first-order valence-electron chi connectivity index (χ1n) is 3.28. The fraction of sp³-hybridized carbons (Fsp3) is 0.286. The molecule has 0 saturated heterocycles. The van der Waals surface area contributed by atoms with E-state index < -0.39 is 23.0 Å². The van der Waals surface area contributed by atoms with Gasteiger partial charge in [-0.3, -0.25) is 9.79 Å². The topological polar surface area (TPSA) is 41.8 Å². The number of carbonyl (C=O) groups is 1. The molecule has 0 N–H and O–H groups in total. The summed E-state index contributed by atoms with van der Waals surface area (Å²) < 4.78 is 36.2. The molecule has 0 aromatic carbocycles. The SMILES string of the molecule is C=CC(=NC(=NC)C(=O)Cl)C(F)(F)F. The third kappa shape index (κ3) is 3.69. The molecule has 0 fully saturated rings. The van der Waals surface area contributed by atoms with Gasteiger partial charge in [0.1, 0.15) is 5.71 Å². The highest BCUT2D eigenvalue weighted by atomic mass is 35.5. The molecule has 0 aliphatic heterocycles. The van der Waals surface area contributed by atoms with Crippen molar-refractivity contribution in [2.75, 3.05) is 7.05 Å². The van der Waals surface area contributed by atoms with Gasteiger partial charge in [-0.05, 0) is 17.7 Å². The lowest BCUT2D eigenvalue weighted by Crippen LogP contribution is -2.23. The van der Waals surface area contributed by atoms with Crippen LogP contribution in [0.3, 0.4) is 0 Å². The van der Waals surface area contributed by atoms with E-state index in [1.807, 2.05) is 0 Å².